The van der Waals surface area contributed by atoms with Crippen LogP contribution in [-0.2, 0) is 9.36 Å². The molecule has 0 aromatic heterocycles. The van der Waals surface area contributed by atoms with Crippen LogP contribution < -0.4 is 0 Å². The van der Waals surface area contributed by atoms with Crippen LogP contribution in [0, 0.1) is 0 Å². The van der Waals surface area contributed by atoms with Crippen molar-refractivity contribution in [2.45, 2.75) is 6.10 Å². The minimum absolute atomic E-state index is 0.312. The van der Waals surface area contributed by atoms with Gasteiger partial charge in [-0.2, -0.15) is 0 Å². The van der Waals surface area contributed by atoms with Crippen LogP contribution in [0.15, 0.2) is 0 Å². The third kappa shape index (κ3) is 8.49. The molecule has 0 rings (SSSR count). The molecule has 0 aliphatic heterocycles. The average Bonchev–Trinajstić information content (AvgIpc) is 1.99. The van der Waals surface area contributed by atoms with Crippen LogP contribution in [0.1, 0.15) is 0 Å². The first-order valence-electron chi connectivity index (χ1n) is 4.02. The highest BCUT2D eigenvalue weighted by molar-refractivity contribution is 7.51. The molecule has 90 valence electrons. The van der Waals surface area contributed by atoms with E-state index in [4.69, 9.17) is 25.1 Å². The molecule has 9 heteroatoms. The molecule has 0 bridgehead atoms. The fraction of sp³-hybridized carbons (Fsp3) is 0.833. The second-order valence-corrected chi connectivity index (χ2v) is 4.66. The fourth-order valence-corrected chi connectivity index (χ4v) is 1.72. The van der Waals surface area contributed by atoms with Crippen molar-refractivity contribution in [3.05, 3.63) is 0 Å². The molecular weight excluding hydrogens is 229 g/mol. The molecule has 0 heterocycles. The summed E-state index contributed by atoms with van der Waals surface area (Å²) in [6, 6.07) is 0. The Morgan fingerprint density at radius 3 is 2.27 bits per heavy atom. The molecule has 1 unspecified atom stereocenters. The van der Waals surface area contributed by atoms with Crippen LogP contribution in [0.5, 0.6) is 0 Å². The zero-order chi connectivity index (χ0) is 12.1. The number of hydrogen-bond donors (Lipinski definition) is 5. The number of aliphatic hydroxyl groups excluding tert-OH is 2. The molecule has 0 aliphatic rings. The van der Waals surface area contributed by atoms with Crippen molar-refractivity contribution in [2.75, 3.05) is 26.0 Å². The summed E-state index contributed by atoms with van der Waals surface area (Å²) in [4.78, 5) is 28.4. The van der Waals surface area contributed by atoms with E-state index in [-0.39, 0.29) is 6.54 Å². The summed E-state index contributed by atoms with van der Waals surface area (Å²) in [5.41, 5.74) is 0. The Bertz CT molecular complexity index is 252. The smallest absolute Gasteiger partial charge is 0.339 e. The van der Waals surface area contributed by atoms with E-state index in [2.05, 4.69) is 0 Å². The first-order valence-corrected chi connectivity index (χ1v) is 5.82. The van der Waals surface area contributed by atoms with E-state index in [1.54, 1.807) is 0 Å². The number of carboxylic acids is 1. The lowest BCUT2D eigenvalue weighted by molar-refractivity contribution is -0.138. The normalized spacial score (nSPS) is 14.2. The summed E-state index contributed by atoms with van der Waals surface area (Å²) < 4.78 is 10.6. The topological polar surface area (TPSA) is 139 Å². The Hall–Kier alpha value is -0.500. The van der Waals surface area contributed by atoms with E-state index >= 15 is 0 Å². The summed E-state index contributed by atoms with van der Waals surface area (Å²) in [5.74, 6) is -1.27. The SMILES string of the molecule is O=C(O)CN(CC(O)CO)CP(=O)(O)O. The van der Waals surface area contributed by atoms with Gasteiger partial charge < -0.3 is 25.1 Å². The molecule has 8 nitrogen and oxygen atoms in total. The molecule has 1 atom stereocenters. The Morgan fingerprint density at radius 1 is 1.40 bits per heavy atom. The predicted octanol–water partition coefficient (Wildman–Crippen LogP) is -2.14. The van der Waals surface area contributed by atoms with Crippen molar-refractivity contribution in [2.24, 2.45) is 0 Å². The third-order valence-electron chi connectivity index (χ3n) is 1.42. The van der Waals surface area contributed by atoms with Gasteiger partial charge in [-0.3, -0.25) is 14.3 Å². The molecule has 15 heavy (non-hydrogen) atoms. The molecule has 0 aromatic carbocycles. The molecule has 0 amide bonds. The van der Waals surface area contributed by atoms with Gasteiger partial charge in [0.15, 0.2) is 0 Å². The van der Waals surface area contributed by atoms with Crippen molar-refractivity contribution in [3.8, 4) is 0 Å². The zero-order valence-electron chi connectivity index (χ0n) is 7.85. The van der Waals surface area contributed by atoms with E-state index < -0.39 is 39.1 Å². The quantitative estimate of drug-likeness (QED) is 0.319. The van der Waals surface area contributed by atoms with Gasteiger partial charge in [0.25, 0.3) is 0 Å². The number of hydrogen-bond acceptors (Lipinski definition) is 5. The molecule has 0 saturated carbocycles. The molecular formula is C6H14NO7P. The van der Waals surface area contributed by atoms with Gasteiger partial charge in [-0.05, 0) is 0 Å². The maximum Gasteiger partial charge on any atom is 0.339 e. The second kappa shape index (κ2) is 6.16. The number of rotatable bonds is 7. The summed E-state index contributed by atoms with van der Waals surface area (Å²) in [7, 11) is -4.37. The Labute approximate surface area is 85.9 Å². The van der Waals surface area contributed by atoms with Crippen molar-refractivity contribution < 1.29 is 34.5 Å². The highest BCUT2D eigenvalue weighted by Crippen LogP contribution is 2.34. The van der Waals surface area contributed by atoms with E-state index in [1.807, 2.05) is 0 Å². The van der Waals surface area contributed by atoms with Gasteiger partial charge in [-0.15, -0.1) is 0 Å². The molecule has 0 fully saturated rings. The lowest BCUT2D eigenvalue weighted by atomic mass is 10.3. The number of aliphatic hydroxyl groups is 2. The van der Waals surface area contributed by atoms with Crippen LogP contribution in [0.25, 0.3) is 0 Å². The summed E-state index contributed by atoms with van der Waals surface area (Å²) in [5, 5.41) is 25.9. The van der Waals surface area contributed by atoms with Gasteiger partial charge in [0.2, 0.25) is 0 Å². The van der Waals surface area contributed by atoms with E-state index in [9.17, 15) is 9.36 Å². The summed E-state index contributed by atoms with van der Waals surface area (Å²) >= 11 is 0. The first-order chi connectivity index (χ1) is 6.74. The Balaban J connectivity index is 4.31. The molecule has 0 spiro atoms. The van der Waals surface area contributed by atoms with Crippen molar-refractivity contribution in [1.29, 1.82) is 0 Å². The number of carbonyl (C=O) groups is 1. The van der Waals surface area contributed by atoms with Crippen LogP contribution in [0.4, 0.5) is 0 Å². The van der Waals surface area contributed by atoms with Crippen molar-refractivity contribution in [3.63, 3.8) is 0 Å². The van der Waals surface area contributed by atoms with Gasteiger partial charge in [-0.1, -0.05) is 0 Å². The minimum Gasteiger partial charge on any atom is -0.480 e. The second-order valence-electron chi connectivity index (χ2n) is 3.05. The molecule has 0 aromatic rings. The number of nitrogens with zero attached hydrogens (tertiary/aromatic N) is 1. The summed E-state index contributed by atoms with van der Waals surface area (Å²) in [6.07, 6.45) is -1.99. The van der Waals surface area contributed by atoms with Crippen molar-refractivity contribution >= 4 is 13.6 Å². The van der Waals surface area contributed by atoms with Gasteiger partial charge in [-0.25, -0.2) is 0 Å². The van der Waals surface area contributed by atoms with Gasteiger partial charge in [0, 0.05) is 6.54 Å². The number of carboxylic acid groups (broad SMARTS) is 1. The van der Waals surface area contributed by atoms with Gasteiger partial charge >= 0.3 is 13.6 Å². The standard InChI is InChI=1S/C6H14NO7P/c8-3-5(9)1-7(2-6(10)11)4-15(12,13)14/h5,8-9H,1-4H2,(H,10,11)(H2,12,13,14). The first kappa shape index (κ1) is 14.5. The van der Waals surface area contributed by atoms with Gasteiger partial charge in [0.05, 0.1) is 19.3 Å². The third-order valence-corrected chi connectivity index (χ3v) is 2.19. The fourth-order valence-electron chi connectivity index (χ4n) is 0.980. The van der Waals surface area contributed by atoms with E-state index in [1.165, 1.54) is 0 Å². The van der Waals surface area contributed by atoms with E-state index in [0.29, 0.717) is 0 Å². The minimum atomic E-state index is -4.37. The van der Waals surface area contributed by atoms with Crippen molar-refractivity contribution in [1.82, 2.24) is 4.90 Å². The zero-order valence-corrected chi connectivity index (χ0v) is 8.75. The highest BCUT2D eigenvalue weighted by Gasteiger charge is 2.22. The Morgan fingerprint density at radius 2 is 1.93 bits per heavy atom. The maximum absolute atomic E-state index is 10.6. The monoisotopic (exact) mass is 243 g/mol. The highest BCUT2D eigenvalue weighted by atomic mass is 31.2. The van der Waals surface area contributed by atoms with E-state index in [0.717, 1.165) is 4.90 Å². The largest absolute Gasteiger partial charge is 0.480 e. The average molecular weight is 243 g/mol. The molecule has 5 N–H and O–H groups in total. The Kier molecular flexibility index (Phi) is 5.96. The molecule has 0 radical (unpaired) electrons. The van der Waals surface area contributed by atoms with Crippen LogP contribution in [0.2, 0.25) is 0 Å². The molecule has 0 aliphatic carbocycles. The predicted molar refractivity (Wildman–Crippen MR) is 49.2 cm³/mol. The lowest BCUT2D eigenvalue weighted by Crippen LogP contribution is -2.38. The number of aliphatic carboxylic acids is 1. The summed E-state index contributed by atoms with van der Waals surface area (Å²) in [6.45, 7) is -1.52. The van der Waals surface area contributed by atoms with Crippen LogP contribution in [-0.4, -0.2) is 68.1 Å². The lowest BCUT2D eigenvalue weighted by Gasteiger charge is -2.22. The molecule has 0 saturated heterocycles. The maximum atomic E-state index is 10.6. The van der Waals surface area contributed by atoms with Gasteiger partial charge in [0.1, 0.15) is 6.29 Å². The van der Waals surface area contributed by atoms with Crippen LogP contribution in [0.3, 0.4) is 0 Å². The van der Waals surface area contributed by atoms with Crippen LogP contribution >= 0.6 is 7.60 Å².